The average molecular weight is 592 g/mol. The van der Waals surface area contributed by atoms with Crippen molar-refractivity contribution in [3.8, 4) is 11.1 Å². The van der Waals surface area contributed by atoms with E-state index in [1.54, 1.807) is 11.8 Å². The quantitative estimate of drug-likeness (QED) is 0.224. The summed E-state index contributed by atoms with van der Waals surface area (Å²) in [5, 5.41) is 14.4. The van der Waals surface area contributed by atoms with Gasteiger partial charge in [0.25, 0.3) is 5.91 Å². The van der Waals surface area contributed by atoms with Crippen LogP contribution in [0.2, 0.25) is 0 Å². The topological polar surface area (TPSA) is 78.5 Å². The maximum Gasteiger partial charge on any atom is 1.00 e. The average Bonchev–Trinajstić information content (AvgIpc) is 2.96. The summed E-state index contributed by atoms with van der Waals surface area (Å²) < 4.78 is 6.56. The fraction of sp³-hybridized carbons (Fsp3) is 0.576. The number of nitrogens with one attached hydrogen (secondary N) is 1. The van der Waals surface area contributed by atoms with E-state index in [2.05, 4.69) is 12.2 Å². The fourth-order valence-electron chi connectivity index (χ4n) is 5.35. The number of hydrogen-bond acceptors (Lipinski definition) is 6. The van der Waals surface area contributed by atoms with Crippen LogP contribution in [0.4, 0.5) is 0 Å². The number of carbonyl (C=O) groups is 2. The van der Waals surface area contributed by atoms with E-state index in [0.717, 1.165) is 40.3 Å². The van der Waals surface area contributed by atoms with Crippen LogP contribution in [0.25, 0.3) is 11.1 Å². The van der Waals surface area contributed by atoms with Gasteiger partial charge in [-0.15, -0.1) is 0 Å². The van der Waals surface area contributed by atoms with Gasteiger partial charge >= 0.3 is 18.9 Å². The largest absolute Gasteiger partial charge is 1.00 e. The number of benzene rings is 2. The molecule has 1 N–H and O–H groups in total. The first kappa shape index (κ1) is 35.8. The molecule has 41 heavy (non-hydrogen) atoms. The zero-order chi connectivity index (χ0) is 28.7. The summed E-state index contributed by atoms with van der Waals surface area (Å²) in [5.41, 5.74) is 4.27. The summed E-state index contributed by atoms with van der Waals surface area (Å²) in [6, 6.07) is 12.7. The zero-order valence-corrected chi connectivity index (χ0v) is 27.0. The van der Waals surface area contributed by atoms with Crippen molar-refractivity contribution in [3.05, 3.63) is 59.2 Å². The van der Waals surface area contributed by atoms with Gasteiger partial charge in [0.1, 0.15) is 0 Å². The van der Waals surface area contributed by atoms with E-state index in [1.165, 1.54) is 50.7 Å². The molecule has 8 heteroatoms. The van der Waals surface area contributed by atoms with Gasteiger partial charge in [-0.05, 0) is 84.3 Å². The molecule has 220 valence electrons. The van der Waals surface area contributed by atoms with Crippen LogP contribution in [0.15, 0.2) is 42.5 Å². The number of aryl methyl sites for hydroxylation is 1. The predicted molar refractivity (Wildman–Crippen MR) is 168 cm³/mol. The third kappa shape index (κ3) is 12.0. The minimum atomic E-state index is -1.26. The van der Waals surface area contributed by atoms with Crippen LogP contribution >= 0.6 is 23.5 Å². The van der Waals surface area contributed by atoms with E-state index < -0.39 is 17.9 Å². The van der Waals surface area contributed by atoms with Crippen LogP contribution in [-0.2, 0) is 16.1 Å². The van der Waals surface area contributed by atoms with Crippen LogP contribution < -0.4 is 29.3 Å². The number of carboxylic acid groups (broad SMARTS) is 1. The Morgan fingerprint density at radius 2 is 1.83 bits per heavy atom. The molecular weight excluding hydrogens is 545 g/mol. The van der Waals surface area contributed by atoms with Crippen molar-refractivity contribution in [2.45, 2.75) is 90.4 Å². The van der Waals surface area contributed by atoms with Crippen LogP contribution in [0.5, 0.6) is 0 Å². The summed E-state index contributed by atoms with van der Waals surface area (Å²) >= 11 is 3.54. The molecule has 2 aromatic rings. The Hall–Kier alpha value is -1.36. The van der Waals surface area contributed by atoms with Crippen molar-refractivity contribution >= 4 is 35.4 Å². The normalized spacial score (nSPS) is 15.1. The van der Waals surface area contributed by atoms with E-state index in [-0.39, 0.29) is 25.0 Å². The van der Waals surface area contributed by atoms with E-state index >= 15 is 0 Å². The van der Waals surface area contributed by atoms with Gasteiger partial charge in [0.15, 0.2) is 0 Å². The SMILES string of the molecule is CCCCSCC(CC1CCCCC1)OCc1ccc(C(=O)N[C@@H](CCSC)C(=O)[O-])c(-c2ccccc2C)c1.[Li+]. The molecular formula is C33H46LiNO4S2. The molecule has 5 nitrogen and oxygen atoms in total. The number of thioether (sulfide) groups is 2. The van der Waals surface area contributed by atoms with Crippen molar-refractivity contribution in [1.82, 2.24) is 5.32 Å². The minimum absolute atomic E-state index is 0. The molecule has 1 aliphatic carbocycles. The second-order valence-corrected chi connectivity index (χ2v) is 13.1. The number of rotatable bonds is 17. The molecule has 0 spiro atoms. The first-order valence-electron chi connectivity index (χ1n) is 14.8. The fourth-order valence-corrected chi connectivity index (χ4v) is 6.98. The zero-order valence-electron chi connectivity index (χ0n) is 25.4. The molecule has 0 bridgehead atoms. The molecule has 0 aliphatic heterocycles. The van der Waals surface area contributed by atoms with Gasteiger partial charge in [-0.1, -0.05) is 75.8 Å². The second kappa shape index (κ2) is 19.8. The summed E-state index contributed by atoms with van der Waals surface area (Å²) in [4.78, 5) is 25.0. The molecule has 2 aromatic carbocycles. The van der Waals surface area contributed by atoms with Crippen LogP contribution in [0.1, 0.15) is 86.2 Å². The maximum atomic E-state index is 13.4. The predicted octanol–water partition coefficient (Wildman–Crippen LogP) is 3.66. The number of hydrogen-bond donors (Lipinski definition) is 1. The Labute approximate surface area is 267 Å². The third-order valence-corrected chi connectivity index (χ3v) is 9.55. The summed E-state index contributed by atoms with van der Waals surface area (Å²) in [6.45, 7) is 4.74. The second-order valence-electron chi connectivity index (χ2n) is 10.9. The molecule has 0 radical (unpaired) electrons. The molecule has 2 atom stereocenters. The van der Waals surface area contributed by atoms with Gasteiger partial charge in [0.2, 0.25) is 0 Å². The van der Waals surface area contributed by atoms with Crippen LogP contribution in [-0.4, -0.2) is 47.5 Å². The molecule has 0 heterocycles. The van der Waals surface area contributed by atoms with Gasteiger partial charge in [0, 0.05) is 11.3 Å². The molecule has 1 unspecified atom stereocenters. The van der Waals surface area contributed by atoms with Gasteiger partial charge in [-0.2, -0.15) is 23.5 Å². The number of amides is 1. The van der Waals surface area contributed by atoms with E-state index in [1.807, 2.05) is 67.4 Å². The van der Waals surface area contributed by atoms with Gasteiger partial charge in [-0.3, -0.25) is 4.79 Å². The van der Waals surface area contributed by atoms with Crippen molar-refractivity contribution in [2.24, 2.45) is 5.92 Å². The summed E-state index contributed by atoms with van der Waals surface area (Å²) in [6.07, 6.45) is 12.7. The van der Waals surface area contributed by atoms with Gasteiger partial charge < -0.3 is 20.0 Å². The molecule has 1 amide bonds. The Balaban J connectivity index is 0.00000588. The molecule has 0 aromatic heterocycles. The first-order chi connectivity index (χ1) is 19.4. The van der Waals surface area contributed by atoms with Crippen molar-refractivity contribution in [3.63, 3.8) is 0 Å². The number of ether oxygens (including phenoxy) is 1. The Kier molecular flexibility index (Phi) is 17.3. The van der Waals surface area contributed by atoms with Gasteiger partial charge in [-0.25, -0.2) is 0 Å². The first-order valence-corrected chi connectivity index (χ1v) is 17.4. The summed E-state index contributed by atoms with van der Waals surface area (Å²) in [5.74, 6) is 1.91. The smallest absolute Gasteiger partial charge is 0.548 e. The van der Waals surface area contributed by atoms with Crippen molar-refractivity contribution in [1.29, 1.82) is 0 Å². The van der Waals surface area contributed by atoms with Crippen LogP contribution in [0.3, 0.4) is 0 Å². The minimum Gasteiger partial charge on any atom is -0.548 e. The van der Waals surface area contributed by atoms with Crippen LogP contribution in [0, 0.1) is 12.8 Å². The molecule has 0 saturated heterocycles. The van der Waals surface area contributed by atoms with Crippen molar-refractivity contribution < 1.29 is 38.3 Å². The maximum absolute atomic E-state index is 13.4. The van der Waals surface area contributed by atoms with E-state index in [4.69, 9.17) is 4.74 Å². The Morgan fingerprint density at radius 1 is 1.07 bits per heavy atom. The summed E-state index contributed by atoms with van der Waals surface area (Å²) in [7, 11) is 0. The van der Waals surface area contributed by atoms with E-state index in [0.29, 0.717) is 24.3 Å². The van der Waals surface area contributed by atoms with Gasteiger partial charge in [0.05, 0.1) is 24.7 Å². The number of carboxylic acids is 1. The number of aliphatic carboxylic acids is 1. The molecule has 1 aliphatic rings. The molecule has 3 rings (SSSR count). The van der Waals surface area contributed by atoms with Crippen molar-refractivity contribution in [2.75, 3.05) is 23.5 Å². The third-order valence-electron chi connectivity index (χ3n) is 7.72. The van der Waals surface area contributed by atoms with E-state index in [9.17, 15) is 14.7 Å². The Morgan fingerprint density at radius 3 is 2.51 bits per heavy atom. The monoisotopic (exact) mass is 591 g/mol. The Bertz CT molecular complexity index is 1080. The number of carbonyl (C=O) groups excluding carboxylic acids is 2. The molecule has 1 saturated carbocycles. The molecule has 1 fully saturated rings. The standard InChI is InChI=1S/C33H47NO4S2.Li/c1-4-5-18-40-23-27(20-25-12-7-6-8-13-25)38-22-26-15-16-29(30(21-26)28-14-10-9-11-24(28)2)32(35)34-31(33(36)37)17-19-39-3;/h9-11,14-16,21,25,27,31H,4-8,12-13,17-20,22-23H2,1-3H3,(H,34,35)(H,36,37);/q;+1/p-1/t27?,31-;/m0./s1. The number of unbranched alkanes of at least 4 members (excludes halogenated alkanes) is 1.